The molecule has 0 aliphatic rings. The number of aliphatic hydroxyl groups is 1. The number of hydrogen-bond acceptors (Lipinski definition) is 6. The normalized spacial score (nSPS) is 14.1. The predicted molar refractivity (Wildman–Crippen MR) is 144 cm³/mol. The molecule has 0 aliphatic heterocycles. The third-order valence-electron chi connectivity index (χ3n) is 4.94. The number of carbonyl (C=O) groups excluding carboxylic acids is 2. The Labute approximate surface area is 211 Å². The van der Waals surface area contributed by atoms with E-state index in [-0.39, 0.29) is 23.6 Å². The maximum absolute atomic E-state index is 11.3. The van der Waals surface area contributed by atoms with E-state index < -0.39 is 6.10 Å². The summed E-state index contributed by atoms with van der Waals surface area (Å²) in [5.41, 5.74) is 0. The molecule has 0 bridgehead atoms. The van der Waals surface area contributed by atoms with E-state index >= 15 is 0 Å². The molecule has 0 aliphatic carbocycles. The second-order valence-corrected chi connectivity index (χ2v) is 9.10. The Balaban J connectivity index is 4.55. The van der Waals surface area contributed by atoms with Gasteiger partial charge in [0.1, 0.15) is 0 Å². The van der Waals surface area contributed by atoms with Gasteiger partial charge in [-0.05, 0) is 44.3 Å². The van der Waals surface area contributed by atoms with E-state index in [0.29, 0.717) is 19.3 Å². The van der Waals surface area contributed by atoms with Gasteiger partial charge in [-0.25, -0.2) is 0 Å². The number of ether oxygens (including phenoxy) is 2. The highest BCUT2D eigenvalue weighted by Crippen LogP contribution is 2.21. The molecule has 0 spiro atoms. The van der Waals surface area contributed by atoms with Gasteiger partial charge in [-0.2, -0.15) is 11.8 Å². The van der Waals surface area contributed by atoms with Crippen molar-refractivity contribution in [3.63, 3.8) is 0 Å². The molecule has 34 heavy (non-hydrogen) atoms. The molecule has 0 aromatic heterocycles. The fourth-order valence-electron chi connectivity index (χ4n) is 2.93. The molecule has 0 aromatic carbocycles. The van der Waals surface area contributed by atoms with Crippen molar-refractivity contribution in [2.45, 2.75) is 82.5 Å². The summed E-state index contributed by atoms with van der Waals surface area (Å²) in [6, 6.07) is 0. The van der Waals surface area contributed by atoms with Gasteiger partial charge >= 0.3 is 11.9 Å². The van der Waals surface area contributed by atoms with Crippen molar-refractivity contribution in [2.75, 3.05) is 20.0 Å². The number of aliphatic hydroxyl groups excluding tert-OH is 1. The molecule has 6 heteroatoms. The summed E-state index contributed by atoms with van der Waals surface area (Å²) in [5.74, 6) is 0.303. The fraction of sp³-hybridized carbons (Fsp3) is 0.571. The summed E-state index contributed by atoms with van der Waals surface area (Å²) in [4.78, 5) is 22.5. The van der Waals surface area contributed by atoms with Crippen LogP contribution in [0, 0.1) is 0 Å². The van der Waals surface area contributed by atoms with Crippen LogP contribution < -0.4 is 0 Å². The molecule has 0 unspecified atom stereocenters. The Morgan fingerprint density at radius 3 is 2.32 bits per heavy atom. The third-order valence-corrected chi connectivity index (χ3v) is 6.27. The van der Waals surface area contributed by atoms with Crippen LogP contribution in [0.1, 0.15) is 71.1 Å². The second kappa shape index (κ2) is 24.1. The van der Waals surface area contributed by atoms with Crippen molar-refractivity contribution in [3.05, 3.63) is 60.8 Å². The quantitative estimate of drug-likeness (QED) is 0.0905. The predicted octanol–water partition coefficient (Wildman–Crippen LogP) is 6.50. The number of methoxy groups -OCH3 is 2. The second-order valence-electron chi connectivity index (χ2n) is 7.81. The van der Waals surface area contributed by atoms with Crippen molar-refractivity contribution in [2.24, 2.45) is 0 Å². The molecular weight excluding hydrogens is 448 g/mol. The fourth-order valence-corrected chi connectivity index (χ4v) is 4.04. The Bertz CT molecular complexity index is 664. The lowest BCUT2D eigenvalue weighted by Gasteiger charge is -2.19. The zero-order valence-electron chi connectivity index (χ0n) is 21.2. The number of carbonyl (C=O) groups is 2. The molecule has 0 fully saturated rings. The van der Waals surface area contributed by atoms with Crippen molar-refractivity contribution < 1.29 is 24.2 Å². The number of unbranched alkanes of at least 4 members (excludes halogenated alkanes) is 3. The van der Waals surface area contributed by atoms with Gasteiger partial charge in [0.25, 0.3) is 0 Å². The lowest BCUT2D eigenvalue weighted by molar-refractivity contribution is -0.141. The van der Waals surface area contributed by atoms with Crippen molar-refractivity contribution in [3.8, 4) is 0 Å². The van der Waals surface area contributed by atoms with E-state index in [2.05, 4.69) is 34.6 Å². The average molecular weight is 493 g/mol. The van der Waals surface area contributed by atoms with Crippen LogP contribution >= 0.6 is 11.8 Å². The van der Waals surface area contributed by atoms with Gasteiger partial charge in [-0.15, -0.1) is 0 Å². The summed E-state index contributed by atoms with van der Waals surface area (Å²) in [6.07, 6.45) is 28.1. The summed E-state index contributed by atoms with van der Waals surface area (Å²) >= 11 is 1.66. The monoisotopic (exact) mass is 492 g/mol. The Kier molecular flexibility index (Phi) is 22.6. The first-order valence-electron chi connectivity index (χ1n) is 12.3. The van der Waals surface area contributed by atoms with Gasteiger partial charge in [0.2, 0.25) is 0 Å². The van der Waals surface area contributed by atoms with Gasteiger partial charge in [-0.3, -0.25) is 9.59 Å². The smallest absolute Gasteiger partial charge is 0.309 e. The van der Waals surface area contributed by atoms with Crippen LogP contribution in [-0.4, -0.2) is 48.4 Å². The van der Waals surface area contributed by atoms with Gasteiger partial charge in [0.05, 0.1) is 26.7 Å². The van der Waals surface area contributed by atoms with Crippen LogP contribution in [0.2, 0.25) is 0 Å². The number of allylic oxidation sites excluding steroid dienone is 8. The number of thioether (sulfide) groups is 1. The average Bonchev–Trinajstić information content (AvgIpc) is 2.84. The first-order chi connectivity index (χ1) is 16.5. The molecule has 0 aromatic rings. The number of esters is 2. The van der Waals surface area contributed by atoms with Gasteiger partial charge in [0.15, 0.2) is 0 Å². The van der Waals surface area contributed by atoms with Crippen LogP contribution in [0.15, 0.2) is 60.8 Å². The van der Waals surface area contributed by atoms with Gasteiger partial charge < -0.3 is 14.6 Å². The molecule has 0 amide bonds. The maximum Gasteiger partial charge on any atom is 0.309 e. The van der Waals surface area contributed by atoms with Crippen LogP contribution in [0.5, 0.6) is 0 Å². The van der Waals surface area contributed by atoms with E-state index in [0.717, 1.165) is 25.0 Å². The molecule has 0 rings (SSSR count). The SMILES string of the molecule is CCCCC/C=C\C\C=C/C=C/C=C/[C@@H](SCC/C=C\CC(=O)OC)[C@@H](O)CCCC(=O)OC. The topological polar surface area (TPSA) is 72.8 Å². The van der Waals surface area contributed by atoms with E-state index in [9.17, 15) is 14.7 Å². The number of hydrogen-bond donors (Lipinski definition) is 1. The van der Waals surface area contributed by atoms with Gasteiger partial charge in [-0.1, -0.05) is 80.5 Å². The van der Waals surface area contributed by atoms with Crippen molar-refractivity contribution in [1.82, 2.24) is 0 Å². The molecule has 5 nitrogen and oxygen atoms in total. The van der Waals surface area contributed by atoms with Crippen LogP contribution in [-0.2, 0) is 19.1 Å². The number of rotatable bonds is 20. The highest BCUT2D eigenvalue weighted by molar-refractivity contribution is 8.00. The summed E-state index contributed by atoms with van der Waals surface area (Å²) in [5, 5.41) is 10.6. The lowest BCUT2D eigenvalue weighted by atomic mass is 10.1. The minimum Gasteiger partial charge on any atom is -0.469 e. The van der Waals surface area contributed by atoms with Crippen molar-refractivity contribution >= 4 is 23.7 Å². The van der Waals surface area contributed by atoms with E-state index in [1.54, 1.807) is 17.8 Å². The van der Waals surface area contributed by atoms with Crippen LogP contribution in [0.4, 0.5) is 0 Å². The Morgan fingerprint density at radius 2 is 1.59 bits per heavy atom. The molecule has 0 heterocycles. The molecule has 2 atom stereocenters. The minimum atomic E-state index is -0.549. The van der Waals surface area contributed by atoms with Crippen molar-refractivity contribution in [1.29, 1.82) is 0 Å². The standard InChI is InChI=1S/C28H44O5S/c1-4-5-6-7-8-9-10-11-12-13-14-16-21-26(25(29)20-19-23-28(31)33-3)34-24-18-15-17-22-27(30)32-2/h8-9,11-17,21,25-26,29H,4-7,10,18-20,22-24H2,1-3H3/b9-8-,12-11-,14-13+,17-15-,21-16+/t25-,26+/m0/s1. The zero-order chi connectivity index (χ0) is 25.3. The maximum atomic E-state index is 11.3. The first kappa shape index (κ1) is 31.9. The highest BCUT2D eigenvalue weighted by Gasteiger charge is 2.17. The minimum absolute atomic E-state index is 0.0775. The third kappa shape index (κ3) is 20.5. The van der Waals surface area contributed by atoms with Gasteiger partial charge in [0, 0.05) is 11.7 Å². The Morgan fingerprint density at radius 1 is 0.853 bits per heavy atom. The first-order valence-corrected chi connectivity index (χ1v) is 13.3. The summed E-state index contributed by atoms with van der Waals surface area (Å²) in [7, 11) is 2.75. The summed E-state index contributed by atoms with van der Waals surface area (Å²) < 4.78 is 9.28. The molecule has 0 saturated heterocycles. The molecule has 0 radical (unpaired) electrons. The van der Waals surface area contributed by atoms with E-state index in [4.69, 9.17) is 0 Å². The van der Waals surface area contributed by atoms with Crippen LogP contribution in [0.25, 0.3) is 0 Å². The lowest BCUT2D eigenvalue weighted by Crippen LogP contribution is -2.22. The van der Waals surface area contributed by atoms with Crippen LogP contribution in [0.3, 0.4) is 0 Å². The Hall–Kier alpha value is -2.05. The molecule has 192 valence electrons. The highest BCUT2D eigenvalue weighted by atomic mass is 32.2. The zero-order valence-corrected chi connectivity index (χ0v) is 22.0. The molecule has 0 saturated carbocycles. The summed E-state index contributed by atoms with van der Waals surface area (Å²) in [6.45, 7) is 2.22. The van der Waals surface area contributed by atoms with E-state index in [1.165, 1.54) is 33.5 Å². The largest absolute Gasteiger partial charge is 0.469 e. The van der Waals surface area contributed by atoms with E-state index in [1.807, 2.05) is 36.5 Å². The molecule has 1 N–H and O–H groups in total. The molecular formula is C28H44O5S.